The van der Waals surface area contributed by atoms with Gasteiger partial charge in [0.05, 0.1) is 5.41 Å². The predicted octanol–water partition coefficient (Wildman–Crippen LogP) is 12.8. The van der Waals surface area contributed by atoms with Gasteiger partial charge in [0, 0.05) is 27.5 Å². The van der Waals surface area contributed by atoms with E-state index < -0.39 is 5.41 Å². The summed E-state index contributed by atoms with van der Waals surface area (Å²) >= 11 is 0. The Hall–Kier alpha value is -7.43. The minimum atomic E-state index is -0.397. The number of fused-ring (bicyclic) bond motifs is 13. The van der Waals surface area contributed by atoms with Gasteiger partial charge >= 0.3 is 0 Å². The number of hydrogen-bond acceptors (Lipinski definition) is 4. The van der Waals surface area contributed by atoms with Crippen LogP contribution in [0.3, 0.4) is 0 Å². The van der Waals surface area contributed by atoms with E-state index in [2.05, 4.69) is 152 Å². The Kier molecular flexibility index (Phi) is 6.52. The molecule has 12 rings (SSSR count). The molecule has 8 aromatic carbocycles. The molecule has 1 spiro atoms. The van der Waals surface area contributed by atoms with Crippen LogP contribution in [0, 0.1) is 0 Å². The third kappa shape index (κ3) is 4.32. The largest absolute Gasteiger partial charge is 0.456 e. The highest BCUT2D eigenvalue weighted by molar-refractivity contribution is 6.12. The van der Waals surface area contributed by atoms with E-state index in [1.165, 1.54) is 44.5 Å². The van der Waals surface area contributed by atoms with Crippen LogP contribution in [0.15, 0.2) is 192 Å². The maximum absolute atomic E-state index is 6.20. The van der Waals surface area contributed by atoms with Crippen LogP contribution in [-0.2, 0) is 5.41 Å². The quantitative estimate of drug-likeness (QED) is 0.182. The van der Waals surface area contributed by atoms with Crippen LogP contribution < -0.4 is 0 Å². The number of para-hydroxylation sites is 1. The van der Waals surface area contributed by atoms with Gasteiger partial charge in [0.15, 0.2) is 17.5 Å². The van der Waals surface area contributed by atoms with Gasteiger partial charge in [-0.1, -0.05) is 170 Å². The van der Waals surface area contributed by atoms with Crippen LogP contribution in [0.1, 0.15) is 22.3 Å². The summed E-state index contributed by atoms with van der Waals surface area (Å²) in [6.45, 7) is 0. The second-order valence-corrected chi connectivity index (χ2v) is 14.7. The summed E-state index contributed by atoms with van der Waals surface area (Å²) in [6, 6.07) is 66.7. The van der Waals surface area contributed by atoms with Gasteiger partial charge in [-0.05, 0) is 73.8 Å². The standard InChI is InChI=1S/C52H31N3O/c1-2-13-33(14-3-1)49-53-50(34-27-25-32(26-28-34)36-19-12-24-47-48(36)40-18-7-11-23-46(40)56-47)55-51(54-49)35-29-30-45-41(31-35)39-17-6-10-22-44(39)52(45)42-20-8-4-15-37(42)38-16-5-9-21-43(38)52/h1-31H. The maximum Gasteiger partial charge on any atom is 0.164 e. The maximum atomic E-state index is 6.20. The van der Waals surface area contributed by atoms with Gasteiger partial charge in [-0.2, -0.15) is 0 Å². The van der Waals surface area contributed by atoms with Crippen LogP contribution in [0.2, 0.25) is 0 Å². The van der Waals surface area contributed by atoms with Crippen LogP contribution in [0.5, 0.6) is 0 Å². The first kappa shape index (κ1) is 31.0. The van der Waals surface area contributed by atoms with E-state index in [4.69, 9.17) is 19.4 Å². The van der Waals surface area contributed by atoms with Crippen molar-refractivity contribution in [1.29, 1.82) is 0 Å². The molecule has 0 bridgehead atoms. The minimum Gasteiger partial charge on any atom is -0.456 e. The molecule has 260 valence electrons. The monoisotopic (exact) mass is 713 g/mol. The lowest BCUT2D eigenvalue weighted by Gasteiger charge is -2.30. The summed E-state index contributed by atoms with van der Waals surface area (Å²) in [6.07, 6.45) is 0. The zero-order chi connectivity index (χ0) is 36.8. The molecule has 0 unspecified atom stereocenters. The van der Waals surface area contributed by atoms with Gasteiger partial charge < -0.3 is 4.42 Å². The molecular formula is C52H31N3O. The van der Waals surface area contributed by atoms with Gasteiger partial charge in [0.2, 0.25) is 0 Å². The van der Waals surface area contributed by atoms with Crippen molar-refractivity contribution in [2.24, 2.45) is 0 Å². The number of rotatable bonds is 4. The summed E-state index contributed by atoms with van der Waals surface area (Å²) in [7, 11) is 0. The molecule has 4 nitrogen and oxygen atoms in total. The van der Waals surface area contributed by atoms with Crippen LogP contribution in [-0.4, -0.2) is 15.0 Å². The van der Waals surface area contributed by atoms with Gasteiger partial charge in [-0.3, -0.25) is 0 Å². The average Bonchev–Trinajstić information content (AvgIpc) is 3.91. The van der Waals surface area contributed by atoms with E-state index >= 15 is 0 Å². The number of furan rings is 1. The van der Waals surface area contributed by atoms with Crippen molar-refractivity contribution < 1.29 is 4.42 Å². The van der Waals surface area contributed by atoms with E-state index in [0.29, 0.717) is 17.5 Å². The molecule has 0 aliphatic heterocycles. The van der Waals surface area contributed by atoms with Crippen LogP contribution >= 0.6 is 0 Å². The molecule has 0 fully saturated rings. The van der Waals surface area contributed by atoms with E-state index in [-0.39, 0.29) is 0 Å². The van der Waals surface area contributed by atoms with Gasteiger partial charge in [-0.25, -0.2) is 15.0 Å². The van der Waals surface area contributed by atoms with Gasteiger partial charge in [0.25, 0.3) is 0 Å². The molecule has 0 saturated heterocycles. The predicted molar refractivity (Wildman–Crippen MR) is 225 cm³/mol. The SMILES string of the molecule is c1ccc(-c2nc(-c3ccc(-c4cccc5oc6ccccc6c45)cc3)nc(-c3ccc4c(c3)-c3ccccc3C43c4ccccc4-c4ccccc43)n2)cc1. The number of nitrogens with zero attached hydrogens (tertiary/aromatic N) is 3. The topological polar surface area (TPSA) is 51.8 Å². The Morgan fingerprint density at radius 3 is 1.46 bits per heavy atom. The van der Waals surface area contributed by atoms with Crippen molar-refractivity contribution in [2.45, 2.75) is 5.41 Å². The summed E-state index contributed by atoms with van der Waals surface area (Å²) in [5, 5.41) is 2.23. The first-order chi connectivity index (χ1) is 27.8. The molecule has 4 heteroatoms. The third-order valence-electron chi connectivity index (χ3n) is 11.8. The number of benzene rings is 8. The highest BCUT2D eigenvalue weighted by Crippen LogP contribution is 2.62. The van der Waals surface area contributed by atoms with E-state index in [0.717, 1.165) is 49.8 Å². The highest BCUT2D eigenvalue weighted by Gasteiger charge is 2.51. The van der Waals surface area contributed by atoms with E-state index in [9.17, 15) is 0 Å². The molecule has 0 N–H and O–H groups in total. The lowest BCUT2D eigenvalue weighted by Crippen LogP contribution is -2.25. The number of hydrogen-bond donors (Lipinski definition) is 0. The summed E-state index contributed by atoms with van der Waals surface area (Å²) in [4.78, 5) is 15.4. The molecule has 0 radical (unpaired) electrons. The smallest absolute Gasteiger partial charge is 0.164 e. The fraction of sp³-hybridized carbons (Fsp3) is 0.0192. The lowest BCUT2D eigenvalue weighted by molar-refractivity contribution is 0.669. The van der Waals surface area contributed by atoms with E-state index in [1.807, 2.05) is 36.4 Å². The molecule has 0 atom stereocenters. The highest BCUT2D eigenvalue weighted by atomic mass is 16.3. The molecule has 2 aromatic heterocycles. The fourth-order valence-electron chi connectivity index (χ4n) is 9.40. The molecule has 0 saturated carbocycles. The summed E-state index contributed by atoms with van der Waals surface area (Å²) < 4.78 is 6.20. The molecular weight excluding hydrogens is 683 g/mol. The molecule has 2 aliphatic carbocycles. The van der Waals surface area contributed by atoms with Crippen molar-refractivity contribution in [1.82, 2.24) is 15.0 Å². The van der Waals surface area contributed by atoms with Crippen molar-refractivity contribution in [3.05, 3.63) is 210 Å². The summed E-state index contributed by atoms with van der Waals surface area (Å²) in [5.41, 5.74) is 16.7. The Morgan fingerprint density at radius 2 is 0.786 bits per heavy atom. The second kappa shape index (κ2) is 11.8. The first-order valence-electron chi connectivity index (χ1n) is 19.0. The van der Waals surface area contributed by atoms with Crippen molar-refractivity contribution in [2.75, 3.05) is 0 Å². The summed E-state index contributed by atoms with van der Waals surface area (Å²) in [5.74, 6) is 1.91. The Bertz CT molecular complexity index is 3150. The van der Waals surface area contributed by atoms with Crippen LogP contribution in [0.4, 0.5) is 0 Å². The van der Waals surface area contributed by atoms with E-state index in [1.54, 1.807) is 0 Å². The Labute approximate surface area is 323 Å². The molecule has 56 heavy (non-hydrogen) atoms. The Balaban J connectivity index is 1.01. The Morgan fingerprint density at radius 1 is 0.321 bits per heavy atom. The lowest BCUT2D eigenvalue weighted by atomic mass is 9.70. The number of aromatic nitrogens is 3. The van der Waals surface area contributed by atoms with Crippen molar-refractivity contribution >= 4 is 21.9 Å². The minimum absolute atomic E-state index is 0.397. The second-order valence-electron chi connectivity index (χ2n) is 14.7. The first-order valence-corrected chi connectivity index (χ1v) is 19.0. The molecule has 0 amide bonds. The normalized spacial score (nSPS) is 13.1. The fourth-order valence-corrected chi connectivity index (χ4v) is 9.40. The van der Waals surface area contributed by atoms with Crippen LogP contribution in [0.25, 0.3) is 89.5 Å². The van der Waals surface area contributed by atoms with Gasteiger partial charge in [-0.15, -0.1) is 0 Å². The molecule has 10 aromatic rings. The molecule has 2 aliphatic rings. The van der Waals surface area contributed by atoms with Crippen molar-refractivity contribution in [3.63, 3.8) is 0 Å². The zero-order valence-electron chi connectivity index (χ0n) is 30.1. The zero-order valence-corrected chi connectivity index (χ0v) is 30.1. The average molecular weight is 714 g/mol. The molecule has 2 heterocycles. The van der Waals surface area contributed by atoms with Crippen molar-refractivity contribution in [3.8, 4) is 67.5 Å². The van der Waals surface area contributed by atoms with Gasteiger partial charge in [0.1, 0.15) is 11.2 Å². The third-order valence-corrected chi connectivity index (χ3v) is 11.8.